The lowest BCUT2D eigenvalue weighted by Gasteiger charge is -2.13. The molecule has 1 heteroatoms. The van der Waals surface area contributed by atoms with E-state index in [0.29, 0.717) is 5.92 Å². The van der Waals surface area contributed by atoms with E-state index >= 15 is 0 Å². The number of aryl methyl sites for hydroxylation is 1. The highest BCUT2D eigenvalue weighted by Gasteiger charge is 2.14. The fourth-order valence-electron chi connectivity index (χ4n) is 2.70. The Morgan fingerprint density at radius 2 is 2.06 bits per heavy atom. The molecule has 0 bridgehead atoms. The van der Waals surface area contributed by atoms with Gasteiger partial charge in [0.05, 0.1) is 0 Å². The number of para-hydroxylation sites is 1. The SMILES string of the molecule is CCCCC(CC)c1c[nH]c2c(C)cccc12. The van der Waals surface area contributed by atoms with Crippen LogP contribution in [0.1, 0.15) is 56.6 Å². The highest BCUT2D eigenvalue weighted by Crippen LogP contribution is 2.32. The van der Waals surface area contributed by atoms with Gasteiger partial charge < -0.3 is 4.98 Å². The monoisotopic (exact) mass is 229 g/mol. The van der Waals surface area contributed by atoms with Gasteiger partial charge in [-0.2, -0.15) is 0 Å². The zero-order valence-corrected chi connectivity index (χ0v) is 11.2. The highest BCUT2D eigenvalue weighted by molar-refractivity contribution is 5.86. The minimum Gasteiger partial charge on any atom is -0.361 e. The van der Waals surface area contributed by atoms with E-state index in [2.05, 4.69) is 50.2 Å². The Balaban J connectivity index is 2.37. The summed E-state index contributed by atoms with van der Waals surface area (Å²) in [6.45, 7) is 6.75. The van der Waals surface area contributed by atoms with Gasteiger partial charge in [0, 0.05) is 17.1 Å². The topological polar surface area (TPSA) is 15.8 Å². The third-order valence-electron chi connectivity index (χ3n) is 3.79. The van der Waals surface area contributed by atoms with E-state index in [0.717, 1.165) is 0 Å². The molecule has 2 aromatic rings. The first-order valence-corrected chi connectivity index (χ1v) is 6.84. The lowest BCUT2D eigenvalue weighted by atomic mass is 9.91. The Morgan fingerprint density at radius 3 is 2.76 bits per heavy atom. The van der Waals surface area contributed by atoms with Crippen molar-refractivity contribution in [2.45, 2.75) is 52.4 Å². The van der Waals surface area contributed by atoms with Crippen molar-refractivity contribution in [1.29, 1.82) is 0 Å². The van der Waals surface area contributed by atoms with Crippen molar-refractivity contribution in [3.8, 4) is 0 Å². The van der Waals surface area contributed by atoms with E-state index in [-0.39, 0.29) is 0 Å². The molecule has 1 aromatic heterocycles. The number of aromatic amines is 1. The van der Waals surface area contributed by atoms with E-state index in [9.17, 15) is 0 Å². The van der Waals surface area contributed by atoms with Crippen LogP contribution in [-0.2, 0) is 0 Å². The lowest BCUT2D eigenvalue weighted by molar-refractivity contribution is 0.573. The largest absolute Gasteiger partial charge is 0.361 e. The number of benzene rings is 1. The van der Waals surface area contributed by atoms with Crippen LogP contribution in [0.4, 0.5) is 0 Å². The summed E-state index contributed by atoms with van der Waals surface area (Å²) in [4.78, 5) is 3.45. The standard InChI is InChI=1S/C16H23N/c1-4-6-9-13(5-2)15-11-17-16-12(3)8-7-10-14(15)16/h7-8,10-11,13,17H,4-6,9H2,1-3H3. The molecule has 0 aliphatic heterocycles. The molecule has 0 saturated heterocycles. The molecule has 0 aliphatic carbocycles. The summed E-state index contributed by atoms with van der Waals surface area (Å²) in [7, 11) is 0. The average molecular weight is 229 g/mol. The Labute approximate surface area is 104 Å². The molecule has 0 radical (unpaired) electrons. The molecule has 1 nitrogen and oxygen atoms in total. The van der Waals surface area contributed by atoms with Gasteiger partial charge in [0.25, 0.3) is 0 Å². The summed E-state index contributed by atoms with van der Waals surface area (Å²) in [5.74, 6) is 0.713. The number of fused-ring (bicyclic) bond motifs is 1. The van der Waals surface area contributed by atoms with Gasteiger partial charge in [-0.1, -0.05) is 44.9 Å². The van der Waals surface area contributed by atoms with Crippen LogP contribution in [0, 0.1) is 6.92 Å². The van der Waals surface area contributed by atoms with E-state index in [1.165, 1.54) is 47.7 Å². The maximum atomic E-state index is 3.45. The van der Waals surface area contributed by atoms with Crippen LogP contribution in [0.15, 0.2) is 24.4 Å². The summed E-state index contributed by atoms with van der Waals surface area (Å²) in [6, 6.07) is 6.60. The molecule has 1 heterocycles. The summed E-state index contributed by atoms with van der Waals surface area (Å²) in [5, 5.41) is 1.42. The molecule has 1 aromatic carbocycles. The molecular formula is C16H23N. The van der Waals surface area contributed by atoms with Crippen LogP contribution in [-0.4, -0.2) is 4.98 Å². The second kappa shape index (κ2) is 5.39. The van der Waals surface area contributed by atoms with Crippen LogP contribution in [0.5, 0.6) is 0 Å². The molecular weight excluding hydrogens is 206 g/mol. The molecule has 17 heavy (non-hydrogen) atoms. The Hall–Kier alpha value is -1.24. The number of rotatable bonds is 5. The predicted octanol–water partition coefficient (Wildman–Crippen LogP) is 5.16. The zero-order chi connectivity index (χ0) is 12.3. The van der Waals surface area contributed by atoms with Gasteiger partial charge in [-0.3, -0.25) is 0 Å². The number of unbranched alkanes of at least 4 members (excludes halogenated alkanes) is 1. The van der Waals surface area contributed by atoms with Crippen molar-refractivity contribution >= 4 is 10.9 Å². The molecule has 0 amide bonds. The normalized spacial score (nSPS) is 13.1. The van der Waals surface area contributed by atoms with Crippen molar-refractivity contribution in [1.82, 2.24) is 4.98 Å². The maximum absolute atomic E-state index is 3.45. The molecule has 0 saturated carbocycles. The summed E-state index contributed by atoms with van der Waals surface area (Å²) in [6.07, 6.45) is 7.39. The first kappa shape index (κ1) is 12.2. The number of H-pyrrole nitrogens is 1. The molecule has 0 fully saturated rings. The number of hydrogen-bond donors (Lipinski definition) is 1. The number of aromatic nitrogens is 1. The van der Waals surface area contributed by atoms with Crippen LogP contribution < -0.4 is 0 Å². The predicted molar refractivity (Wildman–Crippen MR) is 75.6 cm³/mol. The molecule has 1 atom stereocenters. The lowest BCUT2D eigenvalue weighted by Crippen LogP contribution is -1.96. The van der Waals surface area contributed by atoms with Crippen molar-refractivity contribution < 1.29 is 0 Å². The van der Waals surface area contributed by atoms with Gasteiger partial charge in [-0.05, 0) is 36.8 Å². The molecule has 1 unspecified atom stereocenters. The summed E-state index contributed by atoms with van der Waals surface area (Å²) >= 11 is 0. The molecule has 92 valence electrons. The Bertz CT molecular complexity index is 481. The summed E-state index contributed by atoms with van der Waals surface area (Å²) in [5.41, 5.74) is 4.18. The van der Waals surface area contributed by atoms with Gasteiger partial charge in [0.2, 0.25) is 0 Å². The minimum absolute atomic E-state index is 0.713. The van der Waals surface area contributed by atoms with Crippen molar-refractivity contribution in [3.63, 3.8) is 0 Å². The van der Waals surface area contributed by atoms with Crippen molar-refractivity contribution in [2.24, 2.45) is 0 Å². The van der Waals surface area contributed by atoms with Gasteiger partial charge >= 0.3 is 0 Å². The molecule has 2 rings (SSSR count). The fraction of sp³-hybridized carbons (Fsp3) is 0.500. The minimum atomic E-state index is 0.713. The summed E-state index contributed by atoms with van der Waals surface area (Å²) < 4.78 is 0. The zero-order valence-electron chi connectivity index (χ0n) is 11.2. The van der Waals surface area contributed by atoms with Crippen molar-refractivity contribution in [3.05, 3.63) is 35.5 Å². The first-order valence-electron chi connectivity index (χ1n) is 6.84. The second-order valence-electron chi connectivity index (χ2n) is 4.99. The van der Waals surface area contributed by atoms with Gasteiger partial charge in [0.1, 0.15) is 0 Å². The van der Waals surface area contributed by atoms with E-state index in [1.807, 2.05) is 0 Å². The van der Waals surface area contributed by atoms with Gasteiger partial charge in [-0.25, -0.2) is 0 Å². The number of nitrogens with one attached hydrogen (secondary N) is 1. The average Bonchev–Trinajstić information content (AvgIpc) is 2.76. The first-order chi connectivity index (χ1) is 8.27. The van der Waals surface area contributed by atoms with Crippen LogP contribution >= 0.6 is 0 Å². The van der Waals surface area contributed by atoms with Crippen LogP contribution in [0.2, 0.25) is 0 Å². The van der Waals surface area contributed by atoms with Crippen LogP contribution in [0.3, 0.4) is 0 Å². The number of hydrogen-bond acceptors (Lipinski definition) is 0. The maximum Gasteiger partial charge on any atom is 0.0486 e. The Kier molecular flexibility index (Phi) is 3.88. The van der Waals surface area contributed by atoms with Gasteiger partial charge in [0.15, 0.2) is 0 Å². The third kappa shape index (κ3) is 2.38. The smallest absolute Gasteiger partial charge is 0.0486 e. The van der Waals surface area contributed by atoms with E-state index in [4.69, 9.17) is 0 Å². The fourth-order valence-corrected chi connectivity index (χ4v) is 2.70. The molecule has 0 aliphatic rings. The second-order valence-corrected chi connectivity index (χ2v) is 4.99. The highest BCUT2D eigenvalue weighted by atomic mass is 14.7. The molecule has 1 N–H and O–H groups in total. The van der Waals surface area contributed by atoms with E-state index < -0.39 is 0 Å². The quantitative estimate of drug-likeness (QED) is 0.729. The van der Waals surface area contributed by atoms with Crippen molar-refractivity contribution in [2.75, 3.05) is 0 Å². The van der Waals surface area contributed by atoms with Crippen LogP contribution in [0.25, 0.3) is 10.9 Å². The Morgan fingerprint density at radius 1 is 1.24 bits per heavy atom. The van der Waals surface area contributed by atoms with E-state index in [1.54, 1.807) is 0 Å². The molecule has 0 spiro atoms. The third-order valence-corrected chi connectivity index (χ3v) is 3.79. The van der Waals surface area contributed by atoms with Gasteiger partial charge in [-0.15, -0.1) is 0 Å².